The highest BCUT2D eigenvalue weighted by atomic mass is 35.5. The number of carbonyl (C=O) groups excluding carboxylic acids is 1. The summed E-state index contributed by atoms with van der Waals surface area (Å²) >= 11 is 6.17. The number of hydrogen-bond donors (Lipinski definition) is 1. The SMILES string of the molecule is O=CNc1cc(N2CCOc3cnc(-c4cc(Cl)ccc4P)cc32)ccn1. The lowest BCUT2D eigenvalue weighted by Crippen LogP contribution is -2.29. The van der Waals surface area contributed by atoms with E-state index in [0.717, 1.165) is 27.9 Å². The summed E-state index contributed by atoms with van der Waals surface area (Å²) in [5.41, 5.74) is 3.56. The van der Waals surface area contributed by atoms with Gasteiger partial charge in [-0.3, -0.25) is 9.78 Å². The molecule has 0 saturated carbocycles. The van der Waals surface area contributed by atoms with Crippen LogP contribution in [0.4, 0.5) is 17.2 Å². The van der Waals surface area contributed by atoms with E-state index in [4.69, 9.17) is 16.3 Å². The molecule has 1 atom stereocenters. The first-order chi connectivity index (χ1) is 13.2. The molecule has 0 aliphatic carbocycles. The molecule has 1 unspecified atom stereocenters. The Morgan fingerprint density at radius 3 is 2.96 bits per heavy atom. The second-order valence-electron chi connectivity index (χ2n) is 5.93. The van der Waals surface area contributed by atoms with Crippen molar-refractivity contribution in [1.82, 2.24) is 9.97 Å². The van der Waals surface area contributed by atoms with Crippen LogP contribution in [0.1, 0.15) is 0 Å². The molecule has 2 aromatic heterocycles. The highest BCUT2D eigenvalue weighted by Crippen LogP contribution is 2.38. The number of nitrogens with one attached hydrogen (secondary N) is 1. The summed E-state index contributed by atoms with van der Waals surface area (Å²) in [7, 11) is 2.71. The molecule has 3 aromatic rings. The van der Waals surface area contributed by atoms with Crippen molar-refractivity contribution in [2.24, 2.45) is 0 Å². The fourth-order valence-electron chi connectivity index (χ4n) is 3.01. The van der Waals surface area contributed by atoms with Crippen LogP contribution in [0.5, 0.6) is 5.75 Å². The van der Waals surface area contributed by atoms with Crippen LogP contribution in [-0.2, 0) is 4.79 Å². The molecule has 1 aromatic carbocycles. The third-order valence-corrected chi connectivity index (χ3v) is 5.00. The molecule has 3 heterocycles. The number of halogens is 1. The molecule has 1 N–H and O–H groups in total. The van der Waals surface area contributed by atoms with Gasteiger partial charge in [-0.25, -0.2) is 4.98 Å². The maximum atomic E-state index is 10.7. The molecule has 0 bridgehead atoms. The average molecular weight is 399 g/mol. The number of benzene rings is 1. The van der Waals surface area contributed by atoms with E-state index < -0.39 is 0 Å². The summed E-state index contributed by atoms with van der Waals surface area (Å²) in [5, 5.41) is 4.25. The normalized spacial score (nSPS) is 12.9. The summed E-state index contributed by atoms with van der Waals surface area (Å²) in [6, 6.07) is 11.4. The molecule has 0 fully saturated rings. The number of aromatic nitrogens is 2. The first-order valence-corrected chi connectivity index (χ1v) is 9.23. The Kier molecular flexibility index (Phi) is 4.92. The van der Waals surface area contributed by atoms with Gasteiger partial charge in [0.05, 0.1) is 24.1 Å². The van der Waals surface area contributed by atoms with E-state index in [0.29, 0.717) is 36.2 Å². The summed E-state index contributed by atoms with van der Waals surface area (Å²) < 4.78 is 5.77. The Balaban J connectivity index is 1.79. The fourth-order valence-corrected chi connectivity index (χ4v) is 3.51. The topological polar surface area (TPSA) is 67.4 Å². The van der Waals surface area contributed by atoms with Crippen molar-refractivity contribution in [2.45, 2.75) is 0 Å². The van der Waals surface area contributed by atoms with Crippen LogP contribution in [0.2, 0.25) is 5.02 Å². The van der Waals surface area contributed by atoms with Crippen molar-refractivity contribution in [3.63, 3.8) is 0 Å². The number of ether oxygens (including phenoxy) is 1. The van der Waals surface area contributed by atoms with Crippen molar-refractivity contribution in [3.05, 3.63) is 53.8 Å². The average Bonchev–Trinajstić information content (AvgIpc) is 2.69. The van der Waals surface area contributed by atoms with E-state index in [1.807, 2.05) is 36.4 Å². The number of amides is 1. The molecule has 4 rings (SSSR count). The molecule has 136 valence electrons. The van der Waals surface area contributed by atoms with Gasteiger partial charge in [0.25, 0.3) is 0 Å². The van der Waals surface area contributed by atoms with E-state index in [2.05, 4.69) is 29.4 Å². The molecule has 0 saturated heterocycles. The number of nitrogens with zero attached hydrogens (tertiary/aromatic N) is 3. The van der Waals surface area contributed by atoms with E-state index in [9.17, 15) is 4.79 Å². The van der Waals surface area contributed by atoms with Gasteiger partial charge in [0, 0.05) is 28.5 Å². The van der Waals surface area contributed by atoms with Crippen molar-refractivity contribution in [2.75, 3.05) is 23.4 Å². The van der Waals surface area contributed by atoms with Gasteiger partial charge in [-0.15, -0.1) is 9.24 Å². The van der Waals surface area contributed by atoms with Gasteiger partial charge in [0.2, 0.25) is 6.41 Å². The number of rotatable bonds is 4. The Morgan fingerprint density at radius 2 is 2.11 bits per heavy atom. The van der Waals surface area contributed by atoms with Crippen LogP contribution in [-0.4, -0.2) is 29.5 Å². The van der Waals surface area contributed by atoms with Crippen LogP contribution in [0.3, 0.4) is 0 Å². The van der Waals surface area contributed by atoms with Gasteiger partial charge in [-0.1, -0.05) is 17.7 Å². The maximum absolute atomic E-state index is 10.7. The third kappa shape index (κ3) is 3.59. The Morgan fingerprint density at radius 1 is 1.22 bits per heavy atom. The van der Waals surface area contributed by atoms with Crippen molar-refractivity contribution in [1.29, 1.82) is 0 Å². The zero-order valence-electron chi connectivity index (χ0n) is 14.2. The zero-order chi connectivity index (χ0) is 18.8. The molecule has 0 spiro atoms. The van der Waals surface area contributed by atoms with Crippen molar-refractivity contribution >= 4 is 49.7 Å². The lowest BCUT2D eigenvalue weighted by atomic mass is 10.1. The molecule has 0 radical (unpaired) electrons. The van der Waals surface area contributed by atoms with Gasteiger partial charge in [0.1, 0.15) is 12.4 Å². The Labute approximate surface area is 163 Å². The molecule has 6 nitrogen and oxygen atoms in total. The van der Waals surface area contributed by atoms with Gasteiger partial charge in [-0.2, -0.15) is 0 Å². The number of fused-ring (bicyclic) bond motifs is 1. The minimum Gasteiger partial charge on any atom is -0.488 e. The summed E-state index contributed by atoms with van der Waals surface area (Å²) in [4.78, 5) is 21.5. The van der Waals surface area contributed by atoms with Crippen LogP contribution >= 0.6 is 20.8 Å². The van der Waals surface area contributed by atoms with Crippen molar-refractivity contribution < 1.29 is 9.53 Å². The van der Waals surface area contributed by atoms with E-state index in [-0.39, 0.29) is 0 Å². The second kappa shape index (κ2) is 7.51. The van der Waals surface area contributed by atoms with Crippen LogP contribution in [0, 0.1) is 0 Å². The molecular weight excluding hydrogens is 383 g/mol. The van der Waals surface area contributed by atoms with Gasteiger partial charge in [0.15, 0.2) is 5.75 Å². The van der Waals surface area contributed by atoms with Gasteiger partial charge in [-0.05, 0) is 29.6 Å². The predicted octanol–water partition coefficient (Wildman–Crippen LogP) is 3.40. The highest BCUT2D eigenvalue weighted by Gasteiger charge is 2.22. The van der Waals surface area contributed by atoms with Crippen molar-refractivity contribution in [3.8, 4) is 17.0 Å². The van der Waals surface area contributed by atoms with Crippen LogP contribution in [0.15, 0.2) is 48.8 Å². The van der Waals surface area contributed by atoms with E-state index >= 15 is 0 Å². The lowest BCUT2D eigenvalue weighted by Gasteiger charge is -2.31. The highest BCUT2D eigenvalue weighted by molar-refractivity contribution is 7.28. The summed E-state index contributed by atoms with van der Waals surface area (Å²) in [6.07, 6.45) is 4.00. The standard InChI is InChI=1S/C19H16ClN4O2P/c20-12-1-2-18(27)14(7-12)15-9-16-17(10-22-15)26-6-5-24(16)13-3-4-21-19(8-13)23-11-25/h1-4,7-11H,5-6,27H2,(H,21,23,25). The minimum atomic E-state index is 0.493. The lowest BCUT2D eigenvalue weighted by molar-refractivity contribution is -0.105. The number of hydrogen-bond acceptors (Lipinski definition) is 5. The van der Waals surface area contributed by atoms with Gasteiger partial charge < -0.3 is 15.0 Å². The summed E-state index contributed by atoms with van der Waals surface area (Å²) in [5.74, 6) is 1.20. The minimum absolute atomic E-state index is 0.493. The van der Waals surface area contributed by atoms with Gasteiger partial charge >= 0.3 is 0 Å². The third-order valence-electron chi connectivity index (χ3n) is 4.26. The van der Waals surface area contributed by atoms with E-state index in [1.165, 1.54) is 0 Å². The number of pyridine rings is 2. The predicted molar refractivity (Wildman–Crippen MR) is 110 cm³/mol. The summed E-state index contributed by atoms with van der Waals surface area (Å²) in [6.45, 7) is 1.21. The smallest absolute Gasteiger partial charge is 0.212 e. The quantitative estimate of drug-likeness (QED) is 0.539. The largest absolute Gasteiger partial charge is 0.488 e. The molecule has 1 amide bonds. The maximum Gasteiger partial charge on any atom is 0.212 e. The monoisotopic (exact) mass is 398 g/mol. The Bertz CT molecular complexity index is 1010. The zero-order valence-corrected chi connectivity index (χ0v) is 16.1. The van der Waals surface area contributed by atoms with E-state index in [1.54, 1.807) is 12.4 Å². The second-order valence-corrected chi connectivity index (χ2v) is 6.99. The fraction of sp³-hybridized carbons (Fsp3) is 0.105. The van der Waals surface area contributed by atoms with Crippen LogP contribution in [0.25, 0.3) is 11.3 Å². The molecule has 8 heteroatoms. The first kappa shape index (κ1) is 17.7. The molecule has 1 aliphatic rings. The number of carbonyl (C=O) groups is 1. The molecular formula is C19H16ClN4O2P. The van der Waals surface area contributed by atoms with Crippen LogP contribution < -0.4 is 20.3 Å². The Hall–Kier alpha value is -2.69. The number of anilines is 3. The molecule has 1 aliphatic heterocycles. The first-order valence-electron chi connectivity index (χ1n) is 8.28. The molecule has 27 heavy (non-hydrogen) atoms.